The van der Waals surface area contributed by atoms with Crippen LogP contribution in [0.1, 0.15) is 18.4 Å². The molecule has 3 rings (SSSR count). The molecule has 0 radical (unpaired) electrons. The number of benzene rings is 1. The van der Waals surface area contributed by atoms with Gasteiger partial charge in [0.25, 0.3) is 5.91 Å². The third-order valence-electron chi connectivity index (χ3n) is 4.99. The summed E-state index contributed by atoms with van der Waals surface area (Å²) in [5, 5.41) is 3.32. The summed E-state index contributed by atoms with van der Waals surface area (Å²) in [6.07, 6.45) is 3.51. The van der Waals surface area contributed by atoms with Gasteiger partial charge in [-0.05, 0) is 42.9 Å². The fourth-order valence-electron chi connectivity index (χ4n) is 3.51. The van der Waals surface area contributed by atoms with Crippen molar-refractivity contribution in [3.8, 4) is 0 Å². The Balaban J connectivity index is 1.53. The Kier molecular flexibility index (Phi) is 6.95. The average molecular weight is 395 g/mol. The Morgan fingerprint density at radius 3 is 2.70 bits per heavy atom. The molecule has 1 aromatic carbocycles. The second-order valence-electron chi connectivity index (χ2n) is 6.67. The molecule has 0 spiro atoms. The molecule has 1 amide bonds. The first-order valence-electron chi connectivity index (χ1n) is 9.30. The lowest BCUT2D eigenvalue weighted by Gasteiger charge is -2.37. The van der Waals surface area contributed by atoms with Gasteiger partial charge >= 0.3 is 0 Å². The molecule has 2 saturated heterocycles. The van der Waals surface area contributed by atoms with Gasteiger partial charge in [0, 0.05) is 51.3 Å². The number of carbonyl (C=O) groups is 1. The quantitative estimate of drug-likeness (QED) is 0.481. The van der Waals surface area contributed by atoms with Crippen molar-refractivity contribution in [2.45, 2.75) is 30.4 Å². The molecular formula is C19H27FN4O2S. The average Bonchev–Trinajstić information content (AvgIpc) is 3.23. The summed E-state index contributed by atoms with van der Waals surface area (Å²) in [4.78, 5) is 21.9. The van der Waals surface area contributed by atoms with Crippen molar-refractivity contribution in [2.24, 2.45) is 4.99 Å². The van der Waals surface area contributed by atoms with Crippen LogP contribution in [0.25, 0.3) is 0 Å². The van der Waals surface area contributed by atoms with Crippen molar-refractivity contribution in [2.75, 3.05) is 46.1 Å². The molecule has 6 nitrogen and oxygen atoms in total. The highest BCUT2D eigenvalue weighted by atomic mass is 32.2. The first-order valence-corrected chi connectivity index (χ1v) is 10.5. The molecule has 2 aliphatic rings. The minimum absolute atomic E-state index is 0.111. The Labute approximate surface area is 164 Å². The summed E-state index contributed by atoms with van der Waals surface area (Å²) in [7, 11) is 1.74. The summed E-state index contributed by atoms with van der Waals surface area (Å²) < 4.78 is 19.1. The molecule has 0 aromatic heterocycles. The van der Waals surface area contributed by atoms with Crippen molar-refractivity contribution in [1.29, 1.82) is 0 Å². The number of hydrogen-bond acceptors (Lipinski definition) is 4. The van der Waals surface area contributed by atoms with Crippen LogP contribution in [0.3, 0.4) is 0 Å². The fraction of sp³-hybridized carbons (Fsp3) is 0.579. The number of rotatable bonds is 4. The van der Waals surface area contributed by atoms with Gasteiger partial charge in [0.15, 0.2) is 5.96 Å². The summed E-state index contributed by atoms with van der Waals surface area (Å²) in [5.41, 5.74) is 0.913. The van der Waals surface area contributed by atoms with E-state index in [4.69, 9.17) is 4.74 Å². The number of piperazine rings is 1. The van der Waals surface area contributed by atoms with Gasteiger partial charge in [0.2, 0.25) is 0 Å². The number of nitrogens with zero attached hydrogens (tertiary/aromatic N) is 3. The number of carbonyl (C=O) groups excluding carboxylic acids is 1. The summed E-state index contributed by atoms with van der Waals surface area (Å²) in [6, 6.07) is 4.84. The molecule has 1 N–H and O–H groups in total. The molecule has 27 heavy (non-hydrogen) atoms. The van der Waals surface area contributed by atoms with E-state index in [1.54, 1.807) is 30.9 Å². The highest BCUT2D eigenvalue weighted by molar-refractivity contribution is 7.98. The Hall–Kier alpha value is -1.80. The molecule has 0 aliphatic carbocycles. The Bertz CT molecular complexity index is 686. The SMILES string of the molecule is CN=C(NCc1cc(F)ccc1SC)N1CCN(C(=O)C2CCCO2)CC1. The van der Waals surface area contributed by atoms with E-state index in [0.29, 0.717) is 26.2 Å². The van der Waals surface area contributed by atoms with Crippen LogP contribution in [0.5, 0.6) is 0 Å². The maximum Gasteiger partial charge on any atom is 0.251 e. The molecule has 8 heteroatoms. The third-order valence-corrected chi connectivity index (χ3v) is 5.83. The van der Waals surface area contributed by atoms with Gasteiger partial charge in [-0.3, -0.25) is 9.79 Å². The maximum atomic E-state index is 13.6. The van der Waals surface area contributed by atoms with Gasteiger partial charge in [-0.2, -0.15) is 0 Å². The zero-order valence-electron chi connectivity index (χ0n) is 15.9. The second kappa shape index (κ2) is 9.41. The van der Waals surface area contributed by atoms with Crippen molar-refractivity contribution in [3.05, 3.63) is 29.6 Å². The minimum atomic E-state index is -0.257. The molecular weight excluding hydrogens is 367 g/mol. The predicted octanol–water partition coefficient (Wildman–Crippen LogP) is 1.95. The number of halogens is 1. The van der Waals surface area contributed by atoms with E-state index >= 15 is 0 Å². The predicted molar refractivity (Wildman–Crippen MR) is 106 cm³/mol. The van der Waals surface area contributed by atoms with Crippen LogP contribution in [0.15, 0.2) is 28.1 Å². The Morgan fingerprint density at radius 2 is 2.07 bits per heavy atom. The molecule has 2 aliphatic heterocycles. The normalized spacial score (nSPS) is 20.9. The lowest BCUT2D eigenvalue weighted by molar-refractivity contribution is -0.142. The van der Waals surface area contributed by atoms with Crippen LogP contribution in [0.4, 0.5) is 4.39 Å². The monoisotopic (exact) mass is 394 g/mol. The largest absolute Gasteiger partial charge is 0.368 e. The van der Waals surface area contributed by atoms with Crippen molar-refractivity contribution in [3.63, 3.8) is 0 Å². The van der Waals surface area contributed by atoms with Crippen molar-refractivity contribution in [1.82, 2.24) is 15.1 Å². The summed E-state index contributed by atoms with van der Waals surface area (Å²) in [5.74, 6) is 0.649. The number of hydrogen-bond donors (Lipinski definition) is 1. The molecule has 1 aromatic rings. The maximum absolute atomic E-state index is 13.6. The van der Waals surface area contributed by atoms with Gasteiger partial charge in [-0.15, -0.1) is 11.8 Å². The number of ether oxygens (including phenoxy) is 1. The van der Waals surface area contributed by atoms with E-state index < -0.39 is 0 Å². The van der Waals surface area contributed by atoms with E-state index in [1.165, 1.54) is 6.07 Å². The lowest BCUT2D eigenvalue weighted by Crippen LogP contribution is -2.55. The molecule has 2 heterocycles. The first kappa shape index (κ1) is 19.9. The molecule has 1 unspecified atom stereocenters. The number of guanidine groups is 1. The van der Waals surface area contributed by atoms with E-state index in [1.807, 2.05) is 11.2 Å². The molecule has 1 atom stereocenters. The molecule has 0 bridgehead atoms. The van der Waals surface area contributed by atoms with E-state index in [-0.39, 0.29) is 17.8 Å². The van der Waals surface area contributed by atoms with Gasteiger partial charge in [0.05, 0.1) is 0 Å². The van der Waals surface area contributed by atoms with Crippen LogP contribution in [0, 0.1) is 5.82 Å². The lowest BCUT2D eigenvalue weighted by atomic mass is 10.2. The topological polar surface area (TPSA) is 57.2 Å². The van der Waals surface area contributed by atoms with Crippen molar-refractivity contribution < 1.29 is 13.9 Å². The van der Waals surface area contributed by atoms with E-state index in [9.17, 15) is 9.18 Å². The number of amides is 1. The molecule has 0 saturated carbocycles. The Morgan fingerprint density at radius 1 is 1.33 bits per heavy atom. The van der Waals surface area contributed by atoms with Crippen LogP contribution in [-0.2, 0) is 16.1 Å². The standard InChI is InChI=1S/C19H27FN4O2S/c1-21-19(22-13-14-12-15(20)5-6-17(14)27-2)24-9-7-23(8-10-24)18(25)16-4-3-11-26-16/h5-6,12,16H,3-4,7-11,13H2,1-2H3,(H,21,22). The van der Waals surface area contributed by atoms with Gasteiger partial charge < -0.3 is 19.9 Å². The van der Waals surface area contributed by atoms with Crippen LogP contribution in [-0.4, -0.2) is 73.9 Å². The van der Waals surface area contributed by atoms with Crippen LogP contribution >= 0.6 is 11.8 Å². The molecule has 2 fully saturated rings. The highest BCUT2D eigenvalue weighted by Crippen LogP contribution is 2.21. The fourth-order valence-corrected chi connectivity index (χ4v) is 4.10. The van der Waals surface area contributed by atoms with Crippen LogP contribution < -0.4 is 5.32 Å². The van der Waals surface area contributed by atoms with Crippen LogP contribution in [0.2, 0.25) is 0 Å². The second-order valence-corrected chi connectivity index (χ2v) is 7.52. The summed E-state index contributed by atoms with van der Waals surface area (Å²) in [6.45, 7) is 3.96. The van der Waals surface area contributed by atoms with E-state index in [2.05, 4.69) is 15.2 Å². The highest BCUT2D eigenvalue weighted by Gasteiger charge is 2.30. The number of thioether (sulfide) groups is 1. The minimum Gasteiger partial charge on any atom is -0.368 e. The number of nitrogens with one attached hydrogen (secondary N) is 1. The number of aliphatic imine (C=N–C) groups is 1. The zero-order valence-corrected chi connectivity index (χ0v) is 16.7. The van der Waals surface area contributed by atoms with Gasteiger partial charge in [0.1, 0.15) is 11.9 Å². The van der Waals surface area contributed by atoms with Gasteiger partial charge in [-0.25, -0.2) is 4.39 Å². The zero-order chi connectivity index (χ0) is 19.2. The first-order chi connectivity index (χ1) is 13.1. The smallest absolute Gasteiger partial charge is 0.251 e. The van der Waals surface area contributed by atoms with E-state index in [0.717, 1.165) is 42.3 Å². The van der Waals surface area contributed by atoms with Gasteiger partial charge in [-0.1, -0.05) is 0 Å². The summed E-state index contributed by atoms with van der Waals surface area (Å²) >= 11 is 1.60. The van der Waals surface area contributed by atoms with Crippen molar-refractivity contribution >= 4 is 23.6 Å². The molecule has 148 valence electrons. The third kappa shape index (κ3) is 4.93.